The van der Waals surface area contributed by atoms with Gasteiger partial charge in [0.1, 0.15) is 5.82 Å². The lowest BCUT2D eigenvalue weighted by molar-refractivity contribution is 1.32. The minimum Gasteiger partial charge on any atom is -0.383 e. The molecule has 72 valence electrons. The molecule has 0 spiro atoms. The number of nitrogens with zero attached hydrogens (tertiary/aromatic N) is 1. The Labute approximate surface area is 91.3 Å². The van der Waals surface area contributed by atoms with Gasteiger partial charge in [-0.2, -0.15) is 0 Å². The third-order valence-electron chi connectivity index (χ3n) is 2.35. The number of aryl methyl sites for hydroxylation is 2. The Morgan fingerprint density at radius 3 is 2.64 bits per heavy atom. The van der Waals surface area contributed by atoms with E-state index >= 15 is 0 Å². The molecule has 0 aliphatic heterocycles. The summed E-state index contributed by atoms with van der Waals surface area (Å²) in [6, 6.07) is 6.19. The lowest BCUT2D eigenvalue weighted by atomic mass is 10.1. The molecule has 0 amide bonds. The molecular formula is C11H11BrN2. The highest BCUT2D eigenvalue weighted by Gasteiger charge is 2.05. The maximum atomic E-state index is 5.77. The number of rotatable bonds is 0. The second-order valence-corrected chi connectivity index (χ2v) is 4.25. The fourth-order valence-electron chi connectivity index (χ4n) is 1.43. The summed E-state index contributed by atoms with van der Waals surface area (Å²) in [7, 11) is 0. The summed E-state index contributed by atoms with van der Waals surface area (Å²) in [5.41, 5.74) is 8.91. The molecular weight excluding hydrogens is 240 g/mol. The average Bonchev–Trinajstić information content (AvgIpc) is 2.15. The highest BCUT2D eigenvalue weighted by atomic mass is 79.9. The standard InChI is InChI=1S/C11H11BrN2/c1-6-3-4-8-5-7(2)11(13)14-10(8)9(6)12/h3-5H,1-2H3,(H2,13,14). The molecule has 0 bridgehead atoms. The van der Waals surface area contributed by atoms with E-state index in [2.05, 4.69) is 39.1 Å². The van der Waals surface area contributed by atoms with E-state index in [1.165, 1.54) is 5.56 Å². The highest BCUT2D eigenvalue weighted by molar-refractivity contribution is 9.10. The Morgan fingerprint density at radius 1 is 1.21 bits per heavy atom. The van der Waals surface area contributed by atoms with Crippen molar-refractivity contribution >= 4 is 32.7 Å². The van der Waals surface area contributed by atoms with E-state index in [0.29, 0.717) is 5.82 Å². The van der Waals surface area contributed by atoms with Gasteiger partial charge in [0, 0.05) is 9.86 Å². The van der Waals surface area contributed by atoms with Crippen LogP contribution in [0.15, 0.2) is 22.7 Å². The molecule has 3 heteroatoms. The molecule has 0 atom stereocenters. The first-order chi connectivity index (χ1) is 6.59. The Bertz CT molecular complexity index is 506. The summed E-state index contributed by atoms with van der Waals surface area (Å²) in [5, 5.41) is 1.12. The van der Waals surface area contributed by atoms with Gasteiger partial charge in [0.25, 0.3) is 0 Å². The summed E-state index contributed by atoms with van der Waals surface area (Å²) >= 11 is 3.52. The Kier molecular flexibility index (Phi) is 2.19. The number of fused-ring (bicyclic) bond motifs is 1. The zero-order valence-corrected chi connectivity index (χ0v) is 9.72. The number of hydrogen-bond acceptors (Lipinski definition) is 2. The molecule has 14 heavy (non-hydrogen) atoms. The quantitative estimate of drug-likeness (QED) is 0.780. The number of hydrogen-bond donors (Lipinski definition) is 1. The molecule has 0 fully saturated rings. The number of aromatic nitrogens is 1. The molecule has 0 saturated heterocycles. The summed E-state index contributed by atoms with van der Waals surface area (Å²) in [5.74, 6) is 0.601. The Balaban J connectivity index is 2.89. The van der Waals surface area contributed by atoms with Gasteiger partial charge in [-0.25, -0.2) is 4.98 Å². The van der Waals surface area contributed by atoms with Gasteiger partial charge in [0.2, 0.25) is 0 Å². The van der Waals surface area contributed by atoms with Gasteiger partial charge in [-0.15, -0.1) is 0 Å². The van der Waals surface area contributed by atoms with Gasteiger partial charge in [-0.3, -0.25) is 0 Å². The summed E-state index contributed by atoms with van der Waals surface area (Å²) < 4.78 is 1.03. The number of benzene rings is 1. The number of anilines is 1. The van der Waals surface area contributed by atoms with Crippen LogP contribution in [0.2, 0.25) is 0 Å². The van der Waals surface area contributed by atoms with Crippen molar-refractivity contribution < 1.29 is 0 Å². The molecule has 1 aromatic carbocycles. The zero-order chi connectivity index (χ0) is 10.3. The van der Waals surface area contributed by atoms with Crippen LogP contribution < -0.4 is 5.73 Å². The fourth-order valence-corrected chi connectivity index (χ4v) is 1.88. The second-order valence-electron chi connectivity index (χ2n) is 3.46. The van der Waals surface area contributed by atoms with Crippen molar-refractivity contribution in [3.05, 3.63) is 33.8 Å². The van der Waals surface area contributed by atoms with Crippen LogP contribution >= 0.6 is 15.9 Å². The molecule has 0 saturated carbocycles. The molecule has 2 nitrogen and oxygen atoms in total. The van der Waals surface area contributed by atoms with Crippen molar-refractivity contribution in [2.75, 3.05) is 5.73 Å². The van der Waals surface area contributed by atoms with Crippen molar-refractivity contribution in [3.63, 3.8) is 0 Å². The Hall–Kier alpha value is -1.09. The molecule has 2 aromatic rings. The van der Waals surface area contributed by atoms with E-state index in [4.69, 9.17) is 5.73 Å². The summed E-state index contributed by atoms with van der Waals surface area (Å²) in [6.07, 6.45) is 0. The summed E-state index contributed by atoms with van der Waals surface area (Å²) in [4.78, 5) is 4.37. The van der Waals surface area contributed by atoms with Crippen LogP contribution in [0.1, 0.15) is 11.1 Å². The van der Waals surface area contributed by atoms with Gasteiger partial charge in [0.15, 0.2) is 0 Å². The van der Waals surface area contributed by atoms with Gasteiger partial charge in [-0.1, -0.05) is 12.1 Å². The first-order valence-corrected chi connectivity index (χ1v) is 5.21. The molecule has 1 aromatic heterocycles. The van der Waals surface area contributed by atoms with E-state index in [1.54, 1.807) is 0 Å². The maximum Gasteiger partial charge on any atom is 0.127 e. The van der Waals surface area contributed by atoms with E-state index in [1.807, 2.05) is 13.8 Å². The maximum absolute atomic E-state index is 5.77. The van der Waals surface area contributed by atoms with Crippen LogP contribution in [0, 0.1) is 13.8 Å². The van der Waals surface area contributed by atoms with E-state index < -0.39 is 0 Å². The van der Waals surface area contributed by atoms with Crippen molar-refractivity contribution in [2.24, 2.45) is 0 Å². The summed E-state index contributed by atoms with van der Waals surface area (Å²) in [6.45, 7) is 4.01. The van der Waals surface area contributed by atoms with Crippen LogP contribution in [0.5, 0.6) is 0 Å². The third kappa shape index (κ3) is 1.38. The van der Waals surface area contributed by atoms with E-state index in [9.17, 15) is 0 Å². The van der Waals surface area contributed by atoms with Crippen molar-refractivity contribution in [1.82, 2.24) is 4.98 Å². The fraction of sp³-hybridized carbons (Fsp3) is 0.182. The zero-order valence-electron chi connectivity index (χ0n) is 8.13. The minimum absolute atomic E-state index is 0.601. The predicted molar refractivity (Wildman–Crippen MR) is 63.3 cm³/mol. The smallest absolute Gasteiger partial charge is 0.127 e. The molecule has 2 rings (SSSR count). The predicted octanol–water partition coefficient (Wildman–Crippen LogP) is 3.20. The molecule has 2 N–H and O–H groups in total. The third-order valence-corrected chi connectivity index (χ3v) is 3.35. The Morgan fingerprint density at radius 2 is 1.93 bits per heavy atom. The number of halogens is 1. The number of pyridine rings is 1. The molecule has 0 radical (unpaired) electrons. The van der Waals surface area contributed by atoms with E-state index in [0.717, 1.165) is 20.9 Å². The first kappa shape index (κ1) is 9.46. The number of nitrogen functional groups attached to an aromatic ring is 1. The SMILES string of the molecule is Cc1cc2ccc(C)c(Br)c2nc1N. The molecule has 0 aliphatic rings. The molecule has 0 aliphatic carbocycles. The van der Waals surface area contributed by atoms with Gasteiger partial charge in [0.05, 0.1) is 5.52 Å². The molecule has 1 heterocycles. The van der Waals surface area contributed by atoms with Crippen molar-refractivity contribution in [2.45, 2.75) is 13.8 Å². The first-order valence-electron chi connectivity index (χ1n) is 4.41. The number of nitrogens with two attached hydrogens (primary N) is 1. The van der Waals surface area contributed by atoms with Crippen LogP contribution in [0.3, 0.4) is 0 Å². The van der Waals surface area contributed by atoms with Crippen LogP contribution in [0.25, 0.3) is 10.9 Å². The second kappa shape index (κ2) is 3.24. The van der Waals surface area contributed by atoms with Gasteiger partial charge in [-0.05, 0) is 47.0 Å². The van der Waals surface area contributed by atoms with Crippen molar-refractivity contribution in [3.8, 4) is 0 Å². The lowest BCUT2D eigenvalue weighted by Crippen LogP contribution is -1.95. The average molecular weight is 251 g/mol. The van der Waals surface area contributed by atoms with Crippen LogP contribution in [0.4, 0.5) is 5.82 Å². The van der Waals surface area contributed by atoms with Crippen LogP contribution in [-0.4, -0.2) is 4.98 Å². The minimum atomic E-state index is 0.601. The lowest BCUT2D eigenvalue weighted by Gasteiger charge is -2.06. The van der Waals surface area contributed by atoms with Crippen LogP contribution in [-0.2, 0) is 0 Å². The topological polar surface area (TPSA) is 38.9 Å². The largest absolute Gasteiger partial charge is 0.383 e. The normalized spacial score (nSPS) is 10.8. The monoisotopic (exact) mass is 250 g/mol. The molecule has 0 unspecified atom stereocenters. The van der Waals surface area contributed by atoms with Crippen molar-refractivity contribution in [1.29, 1.82) is 0 Å². The van der Waals surface area contributed by atoms with Gasteiger partial charge < -0.3 is 5.73 Å². The van der Waals surface area contributed by atoms with E-state index in [-0.39, 0.29) is 0 Å². The van der Waals surface area contributed by atoms with Gasteiger partial charge >= 0.3 is 0 Å². The highest BCUT2D eigenvalue weighted by Crippen LogP contribution is 2.27.